The summed E-state index contributed by atoms with van der Waals surface area (Å²) in [5.41, 5.74) is 6.88. The molecule has 0 aliphatic carbocycles. The summed E-state index contributed by atoms with van der Waals surface area (Å²) in [5.74, 6) is 2.74. The number of ether oxygens (including phenoxy) is 2. The summed E-state index contributed by atoms with van der Waals surface area (Å²) in [6, 6.07) is 21.1. The van der Waals surface area contributed by atoms with E-state index in [0.717, 1.165) is 91.4 Å². The van der Waals surface area contributed by atoms with E-state index in [-0.39, 0.29) is 6.15 Å². The van der Waals surface area contributed by atoms with E-state index in [1.165, 1.54) is 5.52 Å². The van der Waals surface area contributed by atoms with Crippen LogP contribution in [0.15, 0.2) is 65.1 Å². The van der Waals surface area contributed by atoms with E-state index in [4.69, 9.17) is 40.1 Å². The van der Waals surface area contributed by atoms with Gasteiger partial charge in [0, 0.05) is 55.2 Å². The minimum absolute atomic E-state index is 0.250. The molecule has 0 atom stereocenters. The van der Waals surface area contributed by atoms with Gasteiger partial charge in [0.05, 0.1) is 22.1 Å². The van der Waals surface area contributed by atoms with Crippen LogP contribution in [-0.2, 0) is 19.1 Å². The fourth-order valence-electron chi connectivity index (χ4n) is 6.35. The van der Waals surface area contributed by atoms with Gasteiger partial charge < -0.3 is 23.0 Å². The molecule has 0 unspecified atom stereocenters. The van der Waals surface area contributed by atoms with Crippen LogP contribution in [0.25, 0.3) is 44.6 Å². The van der Waals surface area contributed by atoms with Crippen molar-refractivity contribution in [2.75, 3.05) is 26.4 Å². The third-order valence-corrected chi connectivity index (χ3v) is 8.58. The highest BCUT2D eigenvalue weighted by Crippen LogP contribution is 2.32. The molecule has 10 nitrogen and oxygen atoms in total. The molecule has 6 aromatic rings. The average molecular weight is 628 g/mol. The molecule has 0 radical (unpaired) electrons. The Morgan fingerprint density at radius 3 is 1.93 bits per heavy atom. The number of aryl methyl sites for hydroxylation is 2. The molecule has 3 aromatic heterocycles. The SMILES string of the molecule is Cc1nc2cc(-c3nc4ccc(Cl)cc4o3)ccc2n1C1CCOCC1.Cc1nc2ccccc2n1C1CCOCC1.O=C=O. The number of hydrogen-bond donors (Lipinski definition) is 0. The van der Waals surface area contributed by atoms with Crippen LogP contribution < -0.4 is 0 Å². The van der Waals surface area contributed by atoms with E-state index in [1.54, 1.807) is 6.07 Å². The Morgan fingerprint density at radius 1 is 0.711 bits per heavy atom. The highest BCUT2D eigenvalue weighted by molar-refractivity contribution is 6.31. The van der Waals surface area contributed by atoms with Gasteiger partial charge in [0.2, 0.25) is 5.89 Å². The molecule has 0 bridgehead atoms. The van der Waals surface area contributed by atoms with Gasteiger partial charge in [0.15, 0.2) is 5.58 Å². The smallest absolute Gasteiger partial charge is 0.373 e. The quantitative estimate of drug-likeness (QED) is 0.201. The minimum Gasteiger partial charge on any atom is -0.436 e. The second kappa shape index (κ2) is 13.7. The zero-order valence-electron chi connectivity index (χ0n) is 25.2. The van der Waals surface area contributed by atoms with E-state index < -0.39 is 0 Å². The number of fused-ring (bicyclic) bond motifs is 3. The lowest BCUT2D eigenvalue weighted by atomic mass is 10.1. The summed E-state index contributed by atoms with van der Waals surface area (Å²) >= 11 is 6.04. The van der Waals surface area contributed by atoms with Crippen LogP contribution in [-0.4, -0.2) is 56.7 Å². The predicted octanol–water partition coefficient (Wildman–Crippen LogP) is 7.27. The molecule has 0 N–H and O–H groups in total. The largest absolute Gasteiger partial charge is 0.436 e. The Hall–Kier alpha value is -4.34. The van der Waals surface area contributed by atoms with Crippen LogP contribution >= 0.6 is 11.6 Å². The topological polar surface area (TPSA) is 114 Å². The van der Waals surface area contributed by atoms with E-state index in [2.05, 4.69) is 57.2 Å². The molecule has 5 heterocycles. The number of nitrogens with zero attached hydrogens (tertiary/aromatic N) is 5. The molecular weight excluding hydrogens is 594 g/mol. The highest BCUT2D eigenvalue weighted by atomic mass is 35.5. The number of hydrogen-bond acceptors (Lipinski definition) is 8. The van der Waals surface area contributed by atoms with Gasteiger partial charge in [-0.2, -0.15) is 9.59 Å². The maximum absolute atomic E-state index is 8.12. The number of carbonyl (C=O) groups excluding carboxylic acids is 2. The number of rotatable bonds is 3. The number of oxazole rings is 1. The second-order valence-corrected chi connectivity index (χ2v) is 11.6. The summed E-state index contributed by atoms with van der Waals surface area (Å²) in [6.45, 7) is 7.53. The van der Waals surface area contributed by atoms with Crippen molar-refractivity contribution in [1.29, 1.82) is 0 Å². The van der Waals surface area contributed by atoms with Crippen LogP contribution in [0.3, 0.4) is 0 Å². The lowest BCUT2D eigenvalue weighted by molar-refractivity contribution is -0.191. The maximum atomic E-state index is 8.12. The number of aromatic nitrogens is 5. The zero-order chi connectivity index (χ0) is 31.3. The first kappa shape index (κ1) is 30.7. The first-order chi connectivity index (χ1) is 22.0. The van der Waals surface area contributed by atoms with E-state index >= 15 is 0 Å². The third-order valence-electron chi connectivity index (χ3n) is 8.35. The molecule has 0 spiro atoms. The van der Waals surface area contributed by atoms with Crippen molar-refractivity contribution in [3.8, 4) is 11.5 Å². The normalized spacial score (nSPS) is 15.8. The summed E-state index contributed by atoms with van der Waals surface area (Å²) in [5, 5.41) is 0.640. The highest BCUT2D eigenvalue weighted by Gasteiger charge is 2.21. The predicted molar refractivity (Wildman–Crippen MR) is 170 cm³/mol. The van der Waals surface area contributed by atoms with Gasteiger partial charge in [-0.15, -0.1) is 0 Å². The molecule has 3 aromatic carbocycles. The number of imidazole rings is 2. The zero-order valence-corrected chi connectivity index (χ0v) is 26.0. The third kappa shape index (κ3) is 6.55. The van der Waals surface area contributed by atoms with Crippen molar-refractivity contribution in [3.05, 3.63) is 77.3 Å². The summed E-state index contributed by atoms with van der Waals surface area (Å²) in [6.07, 6.45) is 4.50. The fraction of sp³-hybridized carbons (Fsp3) is 0.353. The maximum Gasteiger partial charge on any atom is 0.373 e. The average Bonchev–Trinajstić information content (AvgIpc) is 3.73. The lowest BCUT2D eigenvalue weighted by Gasteiger charge is -2.25. The Morgan fingerprint density at radius 2 is 1.29 bits per heavy atom. The summed E-state index contributed by atoms with van der Waals surface area (Å²) < 4.78 is 21.5. The Bertz CT molecular complexity index is 1960. The molecule has 2 aliphatic heterocycles. The van der Waals surface area contributed by atoms with Crippen molar-refractivity contribution in [1.82, 2.24) is 24.1 Å². The first-order valence-electron chi connectivity index (χ1n) is 15.1. The van der Waals surface area contributed by atoms with Crippen LogP contribution in [0.1, 0.15) is 49.4 Å². The van der Waals surface area contributed by atoms with Gasteiger partial charge in [-0.3, -0.25) is 0 Å². The van der Waals surface area contributed by atoms with Crippen LogP contribution in [0.5, 0.6) is 0 Å². The molecule has 2 fully saturated rings. The number of benzene rings is 3. The Kier molecular flexibility index (Phi) is 9.37. The summed E-state index contributed by atoms with van der Waals surface area (Å²) in [4.78, 5) is 30.2. The van der Waals surface area contributed by atoms with Gasteiger partial charge in [0.1, 0.15) is 17.2 Å². The van der Waals surface area contributed by atoms with Crippen LogP contribution in [0.2, 0.25) is 5.02 Å². The molecule has 232 valence electrons. The van der Waals surface area contributed by atoms with Gasteiger partial charge in [0.25, 0.3) is 0 Å². The standard InChI is InChI=1S/C20H18ClN3O2.C13H16N2O.CO2/c1-12-22-17-10-13(20-23-16-4-3-14(21)11-19(16)26-20)2-5-18(17)24(12)15-6-8-25-9-7-15;1-10-14-12-4-2-3-5-13(12)15(10)11-6-8-16-9-7-11;2-1-3/h2-5,10-11,15H,6-9H2,1H3;2-5,11H,6-9H2,1H3;. The molecule has 0 amide bonds. The molecular formula is C34H34ClN5O5. The van der Waals surface area contributed by atoms with Gasteiger partial charge >= 0.3 is 6.15 Å². The van der Waals surface area contributed by atoms with Gasteiger partial charge in [-0.25, -0.2) is 15.0 Å². The van der Waals surface area contributed by atoms with Crippen LogP contribution in [0, 0.1) is 13.8 Å². The lowest BCUT2D eigenvalue weighted by Crippen LogP contribution is -2.20. The van der Waals surface area contributed by atoms with Crippen molar-refractivity contribution in [2.45, 2.75) is 51.6 Å². The molecule has 0 saturated carbocycles. The monoisotopic (exact) mass is 627 g/mol. The number of para-hydroxylation sites is 2. The fourth-order valence-corrected chi connectivity index (χ4v) is 6.51. The van der Waals surface area contributed by atoms with E-state index in [1.807, 2.05) is 30.3 Å². The Balaban J connectivity index is 0.000000161. The van der Waals surface area contributed by atoms with E-state index in [0.29, 0.717) is 28.6 Å². The van der Waals surface area contributed by atoms with E-state index in [9.17, 15) is 0 Å². The first-order valence-corrected chi connectivity index (χ1v) is 15.5. The molecule has 2 saturated heterocycles. The van der Waals surface area contributed by atoms with Crippen molar-refractivity contribution in [3.63, 3.8) is 0 Å². The molecule has 2 aliphatic rings. The Labute approximate surface area is 264 Å². The number of halogens is 1. The van der Waals surface area contributed by atoms with Gasteiger partial charge in [-0.05, 0) is 82.0 Å². The van der Waals surface area contributed by atoms with Crippen molar-refractivity contribution in [2.24, 2.45) is 0 Å². The van der Waals surface area contributed by atoms with Gasteiger partial charge in [-0.1, -0.05) is 23.7 Å². The molecule has 8 rings (SSSR count). The minimum atomic E-state index is 0.250. The second-order valence-electron chi connectivity index (χ2n) is 11.2. The van der Waals surface area contributed by atoms with Crippen molar-refractivity contribution < 1.29 is 23.5 Å². The molecule has 11 heteroatoms. The molecule has 45 heavy (non-hydrogen) atoms. The summed E-state index contributed by atoms with van der Waals surface area (Å²) in [7, 11) is 0. The van der Waals surface area contributed by atoms with Crippen LogP contribution in [0.4, 0.5) is 0 Å². The van der Waals surface area contributed by atoms with Crippen molar-refractivity contribution >= 4 is 50.9 Å².